The van der Waals surface area contributed by atoms with Crippen molar-refractivity contribution in [1.29, 1.82) is 0 Å². The van der Waals surface area contributed by atoms with Gasteiger partial charge in [0.25, 0.3) is 5.91 Å². The van der Waals surface area contributed by atoms with Crippen LogP contribution in [0.15, 0.2) is 36.4 Å². The lowest BCUT2D eigenvalue weighted by Gasteiger charge is -2.33. The maximum absolute atomic E-state index is 13.0. The van der Waals surface area contributed by atoms with E-state index in [-0.39, 0.29) is 11.5 Å². The molecule has 29 heavy (non-hydrogen) atoms. The summed E-state index contributed by atoms with van der Waals surface area (Å²) < 4.78 is 11.5. The van der Waals surface area contributed by atoms with E-state index >= 15 is 0 Å². The molecule has 2 heterocycles. The number of hydrogen-bond acceptors (Lipinski definition) is 5. The summed E-state index contributed by atoms with van der Waals surface area (Å²) in [4.78, 5) is 28.1. The number of carbonyl (C=O) groups is 2. The molecule has 0 saturated carbocycles. The number of benzene rings is 2. The van der Waals surface area contributed by atoms with Crippen LogP contribution in [0.1, 0.15) is 40.0 Å². The highest BCUT2D eigenvalue weighted by molar-refractivity contribution is 5.99. The van der Waals surface area contributed by atoms with Crippen molar-refractivity contribution in [3.05, 3.63) is 47.5 Å². The zero-order valence-electron chi connectivity index (χ0n) is 16.4. The molecule has 7 nitrogen and oxygen atoms in total. The average Bonchev–Trinajstić information content (AvgIpc) is 2.78. The first-order valence-corrected chi connectivity index (χ1v) is 9.84. The van der Waals surface area contributed by atoms with Crippen LogP contribution in [0.2, 0.25) is 0 Å². The number of amides is 1. The number of anilines is 2. The number of aromatic carboxylic acids is 1. The molecule has 2 aromatic rings. The Morgan fingerprint density at radius 1 is 1.00 bits per heavy atom. The quantitative estimate of drug-likeness (QED) is 0.851. The second kappa shape index (κ2) is 8.03. The lowest BCUT2D eigenvalue weighted by Crippen LogP contribution is -2.36. The maximum atomic E-state index is 13.0. The fraction of sp³-hybridized carbons (Fsp3) is 0.364. The van der Waals surface area contributed by atoms with Gasteiger partial charge in [-0.25, -0.2) is 4.79 Å². The molecule has 1 saturated heterocycles. The second-order valence-electron chi connectivity index (χ2n) is 7.20. The summed E-state index contributed by atoms with van der Waals surface area (Å²) in [6, 6.07) is 10.4. The molecule has 0 spiro atoms. The Balaban J connectivity index is 1.69. The first-order valence-electron chi connectivity index (χ1n) is 9.84. The Morgan fingerprint density at radius 3 is 2.38 bits per heavy atom. The molecule has 2 aliphatic rings. The Labute approximate surface area is 169 Å². The van der Waals surface area contributed by atoms with Gasteiger partial charge >= 0.3 is 5.97 Å². The zero-order valence-corrected chi connectivity index (χ0v) is 16.4. The van der Waals surface area contributed by atoms with Crippen LogP contribution >= 0.6 is 0 Å². The summed E-state index contributed by atoms with van der Waals surface area (Å²) in [6.45, 7) is 2.58. The summed E-state index contributed by atoms with van der Waals surface area (Å²) in [7, 11) is 1.55. The minimum atomic E-state index is -0.957. The maximum Gasteiger partial charge on any atom is 0.335 e. The first kappa shape index (κ1) is 19.1. The Hall–Kier alpha value is -3.22. The summed E-state index contributed by atoms with van der Waals surface area (Å²) in [6.07, 6.45) is 3.20. The fourth-order valence-corrected chi connectivity index (χ4v) is 3.95. The molecule has 1 fully saturated rings. The first-order chi connectivity index (χ1) is 14.1. The third-order valence-electron chi connectivity index (χ3n) is 5.45. The smallest absolute Gasteiger partial charge is 0.335 e. The molecule has 2 aromatic carbocycles. The molecule has 2 aliphatic heterocycles. The Kier molecular flexibility index (Phi) is 5.29. The third-order valence-corrected chi connectivity index (χ3v) is 5.45. The van der Waals surface area contributed by atoms with E-state index in [0.29, 0.717) is 30.2 Å². The lowest BCUT2D eigenvalue weighted by molar-refractivity contribution is 0.0694. The number of carboxylic acids is 1. The minimum absolute atomic E-state index is 0.0316. The zero-order chi connectivity index (χ0) is 20.4. The van der Waals surface area contributed by atoms with Gasteiger partial charge in [-0.15, -0.1) is 0 Å². The van der Waals surface area contributed by atoms with E-state index in [2.05, 4.69) is 0 Å². The SMILES string of the molecule is COc1c(C(=O)N2CCCCC2)ccc2c1OCCN2c1ccc(C(=O)O)cc1. The highest BCUT2D eigenvalue weighted by Gasteiger charge is 2.29. The molecule has 0 aliphatic carbocycles. The number of likely N-dealkylation sites (tertiary alicyclic amines) is 1. The molecule has 0 bridgehead atoms. The topological polar surface area (TPSA) is 79.3 Å². The Morgan fingerprint density at radius 2 is 1.72 bits per heavy atom. The van der Waals surface area contributed by atoms with E-state index in [0.717, 1.165) is 43.7 Å². The number of carboxylic acid groups (broad SMARTS) is 1. The van der Waals surface area contributed by atoms with Gasteiger partial charge in [-0.3, -0.25) is 4.79 Å². The van der Waals surface area contributed by atoms with E-state index in [1.807, 2.05) is 15.9 Å². The van der Waals surface area contributed by atoms with Gasteiger partial charge in [-0.05, 0) is 55.7 Å². The van der Waals surface area contributed by atoms with Gasteiger partial charge in [-0.2, -0.15) is 0 Å². The van der Waals surface area contributed by atoms with E-state index in [1.54, 1.807) is 37.4 Å². The number of hydrogen-bond donors (Lipinski definition) is 1. The molecular weight excluding hydrogens is 372 g/mol. The van der Waals surface area contributed by atoms with Crippen molar-refractivity contribution in [2.45, 2.75) is 19.3 Å². The van der Waals surface area contributed by atoms with Crippen molar-refractivity contribution < 1.29 is 24.2 Å². The van der Waals surface area contributed by atoms with Crippen LogP contribution in [0.4, 0.5) is 11.4 Å². The normalized spacial score (nSPS) is 16.0. The lowest BCUT2D eigenvalue weighted by atomic mass is 10.1. The van der Waals surface area contributed by atoms with Gasteiger partial charge in [-0.1, -0.05) is 0 Å². The van der Waals surface area contributed by atoms with Gasteiger partial charge in [0.1, 0.15) is 6.61 Å². The van der Waals surface area contributed by atoms with Crippen molar-refractivity contribution >= 4 is 23.3 Å². The largest absolute Gasteiger partial charge is 0.492 e. The number of carbonyl (C=O) groups excluding carboxylic acids is 1. The van der Waals surface area contributed by atoms with Gasteiger partial charge in [0, 0.05) is 18.8 Å². The number of ether oxygens (including phenoxy) is 2. The predicted octanol–water partition coefficient (Wildman–Crippen LogP) is 3.55. The summed E-state index contributed by atoms with van der Waals surface area (Å²) in [5, 5.41) is 9.12. The van der Waals surface area contributed by atoms with Crippen LogP contribution in [-0.2, 0) is 0 Å². The van der Waals surface area contributed by atoms with Crippen molar-refractivity contribution in [2.75, 3.05) is 38.3 Å². The second-order valence-corrected chi connectivity index (χ2v) is 7.20. The molecule has 0 atom stereocenters. The number of rotatable bonds is 4. The van der Waals surface area contributed by atoms with Crippen molar-refractivity contribution in [3.63, 3.8) is 0 Å². The summed E-state index contributed by atoms with van der Waals surface area (Å²) >= 11 is 0. The van der Waals surface area contributed by atoms with Gasteiger partial charge < -0.3 is 24.4 Å². The number of nitrogens with zero attached hydrogens (tertiary/aromatic N) is 2. The monoisotopic (exact) mass is 396 g/mol. The highest BCUT2D eigenvalue weighted by atomic mass is 16.5. The highest BCUT2D eigenvalue weighted by Crippen LogP contribution is 2.45. The van der Waals surface area contributed by atoms with Crippen molar-refractivity contribution in [2.24, 2.45) is 0 Å². The van der Waals surface area contributed by atoms with Gasteiger partial charge in [0.05, 0.1) is 30.5 Å². The van der Waals surface area contributed by atoms with Crippen molar-refractivity contribution in [3.8, 4) is 11.5 Å². The fourth-order valence-electron chi connectivity index (χ4n) is 3.95. The van der Waals surface area contributed by atoms with Crippen LogP contribution in [0.25, 0.3) is 0 Å². The molecule has 0 radical (unpaired) electrons. The predicted molar refractivity (Wildman–Crippen MR) is 109 cm³/mol. The van der Waals surface area contributed by atoms with Gasteiger partial charge in [0.2, 0.25) is 0 Å². The van der Waals surface area contributed by atoms with E-state index in [1.165, 1.54) is 0 Å². The molecule has 4 rings (SSSR count). The summed E-state index contributed by atoms with van der Waals surface area (Å²) in [5.74, 6) is 0.00574. The van der Waals surface area contributed by atoms with Crippen LogP contribution in [0.5, 0.6) is 11.5 Å². The molecule has 7 heteroatoms. The molecule has 0 unspecified atom stereocenters. The Bertz CT molecular complexity index is 920. The standard InChI is InChI=1S/C22H24N2O5/c1-28-19-17(21(25)23-11-3-2-4-12-23)9-10-18-20(19)29-14-13-24(18)16-7-5-15(6-8-16)22(26)27/h5-10H,2-4,11-14H2,1H3,(H,26,27). The molecular formula is C22H24N2O5. The average molecular weight is 396 g/mol. The molecule has 1 N–H and O–H groups in total. The summed E-state index contributed by atoms with van der Waals surface area (Å²) in [5.41, 5.74) is 2.40. The van der Waals surface area contributed by atoms with E-state index in [9.17, 15) is 9.59 Å². The molecule has 152 valence electrons. The van der Waals surface area contributed by atoms with E-state index in [4.69, 9.17) is 14.6 Å². The van der Waals surface area contributed by atoms with Crippen molar-refractivity contribution in [1.82, 2.24) is 4.90 Å². The molecule has 1 amide bonds. The number of fused-ring (bicyclic) bond motifs is 1. The third kappa shape index (κ3) is 3.60. The molecule has 0 aromatic heterocycles. The van der Waals surface area contributed by atoms with Crippen LogP contribution in [0, 0.1) is 0 Å². The van der Waals surface area contributed by atoms with E-state index < -0.39 is 5.97 Å². The minimum Gasteiger partial charge on any atom is -0.492 e. The van der Waals surface area contributed by atoms with Crippen LogP contribution < -0.4 is 14.4 Å². The number of methoxy groups -OCH3 is 1. The number of piperidine rings is 1. The van der Waals surface area contributed by atoms with Gasteiger partial charge in [0.15, 0.2) is 11.5 Å². The van der Waals surface area contributed by atoms with Crippen LogP contribution in [0.3, 0.4) is 0 Å². The van der Waals surface area contributed by atoms with Crippen LogP contribution in [-0.4, -0.2) is 55.2 Å².